The number of rotatable bonds is 4. The van der Waals surface area contributed by atoms with Gasteiger partial charge in [-0.15, -0.1) is 0 Å². The lowest BCUT2D eigenvalue weighted by Gasteiger charge is -2.33. The summed E-state index contributed by atoms with van der Waals surface area (Å²) in [5, 5.41) is 13.0. The first-order valence-corrected chi connectivity index (χ1v) is 6.94. The predicted molar refractivity (Wildman–Crippen MR) is 71.3 cm³/mol. The van der Waals surface area contributed by atoms with Gasteiger partial charge in [0.2, 0.25) is 5.91 Å². The van der Waals surface area contributed by atoms with Gasteiger partial charge in [-0.25, -0.2) is 4.79 Å². The summed E-state index contributed by atoms with van der Waals surface area (Å²) in [5.41, 5.74) is 1.74. The highest BCUT2D eigenvalue weighted by molar-refractivity contribution is 5.84. The molecular formula is C14H20N2O4. The van der Waals surface area contributed by atoms with E-state index >= 15 is 0 Å². The predicted octanol–water partition coefficient (Wildman–Crippen LogP) is 1.69. The van der Waals surface area contributed by atoms with Gasteiger partial charge in [0.25, 0.3) is 0 Å². The van der Waals surface area contributed by atoms with Gasteiger partial charge in [-0.05, 0) is 39.5 Å². The van der Waals surface area contributed by atoms with Crippen molar-refractivity contribution in [3.05, 3.63) is 17.0 Å². The summed E-state index contributed by atoms with van der Waals surface area (Å²) < 4.78 is 5.06. The molecule has 20 heavy (non-hydrogen) atoms. The van der Waals surface area contributed by atoms with Gasteiger partial charge in [-0.2, -0.15) is 0 Å². The fourth-order valence-electron chi connectivity index (χ4n) is 2.72. The van der Waals surface area contributed by atoms with E-state index in [0.29, 0.717) is 25.8 Å². The molecule has 1 aliphatic rings. The molecule has 6 heteroatoms. The average molecular weight is 280 g/mol. The molecule has 2 heterocycles. The number of aryl methyl sites for hydroxylation is 2. The maximum Gasteiger partial charge on any atom is 0.326 e. The Balaban J connectivity index is 1.98. The highest BCUT2D eigenvalue weighted by Gasteiger charge is 2.31. The van der Waals surface area contributed by atoms with Gasteiger partial charge in [-0.1, -0.05) is 5.16 Å². The second-order valence-electron chi connectivity index (χ2n) is 5.24. The quantitative estimate of drug-likeness (QED) is 0.907. The summed E-state index contributed by atoms with van der Waals surface area (Å²) in [6.07, 6.45) is 3.13. The van der Waals surface area contributed by atoms with Gasteiger partial charge in [0.1, 0.15) is 11.8 Å². The van der Waals surface area contributed by atoms with Crippen LogP contribution in [0.4, 0.5) is 0 Å². The Hall–Kier alpha value is -1.85. The number of carbonyl (C=O) groups excluding carboxylic acids is 1. The highest BCUT2D eigenvalue weighted by atomic mass is 16.5. The number of hydrogen-bond donors (Lipinski definition) is 1. The molecule has 6 nitrogen and oxygen atoms in total. The number of nitrogens with zero attached hydrogens (tertiary/aromatic N) is 2. The number of hydrogen-bond acceptors (Lipinski definition) is 4. The van der Waals surface area contributed by atoms with Gasteiger partial charge in [-0.3, -0.25) is 4.79 Å². The summed E-state index contributed by atoms with van der Waals surface area (Å²) in [5.74, 6) is -0.281. The maximum absolute atomic E-state index is 12.2. The Kier molecular flexibility index (Phi) is 4.42. The average Bonchev–Trinajstić information content (AvgIpc) is 2.75. The number of piperidine rings is 1. The van der Waals surface area contributed by atoms with Gasteiger partial charge < -0.3 is 14.5 Å². The minimum absolute atomic E-state index is 0.0999. The Labute approximate surface area is 117 Å². The van der Waals surface area contributed by atoms with E-state index in [0.717, 1.165) is 29.9 Å². The van der Waals surface area contributed by atoms with Crippen molar-refractivity contribution in [2.75, 3.05) is 6.54 Å². The molecule has 1 N–H and O–H groups in total. The van der Waals surface area contributed by atoms with E-state index in [4.69, 9.17) is 4.52 Å². The van der Waals surface area contributed by atoms with Crippen molar-refractivity contribution >= 4 is 11.9 Å². The summed E-state index contributed by atoms with van der Waals surface area (Å²) in [7, 11) is 0. The second-order valence-corrected chi connectivity index (χ2v) is 5.24. The second kappa shape index (κ2) is 6.07. The fourth-order valence-corrected chi connectivity index (χ4v) is 2.72. The third-order valence-corrected chi connectivity index (χ3v) is 3.88. The topological polar surface area (TPSA) is 83.6 Å². The van der Waals surface area contributed by atoms with Crippen molar-refractivity contribution < 1.29 is 19.2 Å². The molecule has 1 atom stereocenters. The van der Waals surface area contributed by atoms with E-state index in [9.17, 15) is 14.7 Å². The number of likely N-dealkylation sites (tertiary alicyclic amines) is 1. The first-order valence-electron chi connectivity index (χ1n) is 6.94. The van der Waals surface area contributed by atoms with Crippen LogP contribution in [0.15, 0.2) is 4.52 Å². The zero-order valence-electron chi connectivity index (χ0n) is 11.9. The molecule has 110 valence electrons. The minimum Gasteiger partial charge on any atom is -0.480 e. The van der Waals surface area contributed by atoms with Gasteiger partial charge in [0.15, 0.2) is 0 Å². The summed E-state index contributed by atoms with van der Waals surface area (Å²) in [6, 6.07) is -0.666. The molecule has 1 saturated heterocycles. The Morgan fingerprint density at radius 3 is 2.75 bits per heavy atom. The van der Waals surface area contributed by atoms with Crippen LogP contribution in [-0.2, 0) is 16.0 Å². The molecule has 0 radical (unpaired) electrons. The molecule has 1 aliphatic heterocycles. The van der Waals surface area contributed by atoms with E-state index in [1.54, 1.807) is 0 Å². The van der Waals surface area contributed by atoms with E-state index < -0.39 is 12.0 Å². The van der Waals surface area contributed by atoms with E-state index in [-0.39, 0.29) is 5.91 Å². The Morgan fingerprint density at radius 2 is 2.15 bits per heavy atom. The molecule has 2 rings (SSSR count). The molecule has 0 aromatic carbocycles. The maximum atomic E-state index is 12.2. The summed E-state index contributed by atoms with van der Waals surface area (Å²) in [4.78, 5) is 24.9. The van der Waals surface area contributed by atoms with E-state index in [1.165, 1.54) is 4.90 Å². The first kappa shape index (κ1) is 14.6. The van der Waals surface area contributed by atoms with Gasteiger partial charge in [0, 0.05) is 18.5 Å². The molecule has 0 spiro atoms. The Bertz CT molecular complexity index is 490. The van der Waals surface area contributed by atoms with Crippen molar-refractivity contribution in [3.8, 4) is 0 Å². The third kappa shape index (κ3) is 3.00. The van der Waals surface area contributed by atoms with Crippen LogP contribution in [0.25, 0.3) is 0 Å². The standard InChI is InChI=1S/C14H20N2O4/c1-9-11(10(2)20-15-9)6-7-13(17)16-8-4-3-5-12(16)14(18)19/h12H,3-8H2,1-2H3,(H,18,19). The van der Waals surface area contributed by atoms with Crippen LogP contribution >= 0.6 is 0 Å². The Morgan fingerprint density at radius 1 is 1.40 bits per heavy atom. The van der Waals surface area contributed by atoms with Crippen molar-refractivity contribution in [2.24, 2.45) is 0 Å². The number of aliphatic carboxylic acids is 1. The third-order valence-electron chi connectivity index (χ3n) is 3.88. The molecule has 1 amide bonds. The van der Waals surface area contributed by atoms with Gasteiger partial charge >= 0.3 is 5.97 Å². The van der Waals surface area contributed by atoms with Crippen molar-refractivity contribution in [1.29, 1.82) is 0 Å². The molecule has 1 fully saturated rings. The highest BCUT2D eigenvalue weighted by Crippen LogP contribution is 2.20. The SMILES string of the molecule is Cc1noc(C)c1CCC(=O)N1CCCCC1C(=O)O. The first-order chi connectivity index (χ1) is 9.50. The van der Waals surface area contributed by atoms with Crippen LogP contribution in [0.3, 0.4) is 0 Å². The zero-order valence-corrected chi connectivity index (χ0v) is 11.9. The lowest BCUT2D eigenvalue weighted by Crippen LogP contribution is -2.48. The lowest BCUT2D eigenvalue weighted by molar-refractivity contribution is -0.152. The number of carboxylic acids is 1. The van der Waals surface area contributed by atoms with Crippen molar-refractivity contribution in [2.45, 2.75) is 52.0 Å². The van der Waals surface area contributed by atoms with Crippen LogP contribution in [0.1, 0.15) is 42.7 Å². The van der Waals surface area contributed by atoms with Crippen molar-refractivity contribution in [3.63, 3.8) is 0 Å². The van der Waals surface area contributed by atoms with E-state index in [2.05, 4.69) is 5.16 Å². The largest absolute Gasteiger partial charge is 0.480 e. The summed E-state index contributed by atoms with van der Waals surface area (Å²) in [6.45, 7) is 4.20. The van der Waals surface area contributed by atoms with Crippen LogP contribution < -0.4 is 0 Å². The van der Waals surface area contributed by atoms with Crippen LogP contribution in [-0.4, -0.2) is 39.6 Å². The lowest BCUT2D eigenvalue weighted by atomic mass is 10.0. The molecule has 0 bridgehead atoms. The normalized spacial score (nSPS) is 19.1. The van der Waals surface area contributed by atoms with Crippen LogP contribution in [0, 0.1) is 13.8 Å². The molecular weight excluding hydrogens is 260 g/mol. The molecule has 1 aromatic rings. The number of amides is 1. The fraction of sp³-hybridized carbons (Fsp3) is 0.643. The number of carboxylic acid groups (broad SMARTS) is 1. The summed E-state index contributed by atoms with van der Waals surface area (Å²) >= 11 is 0. The van der Waals surface area contributed by atoms with Crippen LogP contribution in [0.2, 0.25) is 0 Å². The number of aromatic nitrogens is 1. The van der Waals surface area contributed by atoms with Gasteiger partial charge in [0.05, 0.1) is 5.69 Å². The molecule has 0 saturated carbocycles. The molecule has 1 unspecified atom stereocenters. The van der Waals surface area contributed by atoms with E-state index in [1.807, 2.05) is 13.8 Å². The monoisotopic (exact) mass is 280 g/mol. The zero-order chi connectivity index (χ0) is 14.7. The van der Waals surface area contributed by atoms with Crippen molar-refractivity contribution in [1.82, 2.24) is 10.1 Å². The number of carbonyl (C=O) groups is 2. The smallest absolute Gasteiger partial charge is 0.326 e. The van der Waals surface area contributed by atoms with Crippen LogP contribution in [0.5, 0.6) is 0 Å². The molecule has 1 aromatic heterocycles. The molecule has 0 aliphatic carbocycles. The minimum atomic E-state index is -0.907.